The molecule has 2 N–H and O–H groups in total. The number of aliphatic hydroxyl groups excluding tert-OH is 1. The molecule has 1 rings (SSSR count). The molecule has 96 valence electrons. The largest absolute Gasteiger partial charge is 0.395 e. The lowest BCUT2D eigenvalue weighted by Gasteiger charge is -2.15. The van der Waals surface area contributed by atoms with E-state index in [1.165, 1.54) is 0 Å². The zero-order chi connectivity index (χ0) is 12.7. The van der Waals surface area contributed by atoms with Crippen molar-refractivity contribution in [3.8, 4) is 0 Å². The maximum atomic E-state index is 8.81. The summed E-state index contributed by atoms with van der Waals surface area (Å²) in [6.07, 6.45) is 3.65. The third-order valence-corrected chi connectivity index (χ3v) is 2.35. The lowest BCUT2D eigenvalue weighted by molar-refractivity contribution is 0.303. The Morgan fingerprint density at radius 1 is 1.35 bits per heavy atom. The van der Waals surface area contributed by atoms with Crippen LogP contribution in [-0.2, 0) is 6.54 Å². The molecule has 0 aromatic carbocycles. The van der Waals surface area contributed by atoms with Crippen molar-refractivity contribution in [3.05, 3.63) is 18.0 Å². The van der Waals surface area contributed by atoms with Crippen LogP contribution in [0.15, 0.2) is 12.4 Å². The van der Waals surface area contributed by atoms with Crippen LogP contribution in [0.4, 0.5) is 5.95 Å². The average Bonchev–Trinajstić information content (AvgIpc) is 2.30. The highest BCUT2D eigenvalue weighted by Gasteiger charge is 2.03. The molecule has 0 aliphatic rings. The van der Waals surface area contributed by atoms with Gasteiger partial charge in [-0.1, -0.05) is 13.8 Å². The van der Waals surface area contributed by atoms with E-state index in [2.05, 4.69) is 29.1 Å². The molecule has 5 heteroatoms. The fraction of sp³-hybridized carbons (Fsp3) is 0.667. The SMILES string of the molecule is CC(C)CNCc1cnc(N(C)CCO)nc1. The van der Waals surface area contributed by atoms with Crippen LogP contribution in [-0.4, -0.2) is 41.8 Å². The zero-order valence-corrected chi connectivity index (χ0v) is 10.8. The summed E-state index contributed by atoms with van der Waals surface area (Å²) in [5.41, 5.74) is 1.08. The van der Waals surface area contributed by atoms with E-state index in [0.717, 1.165) is 18.7 Å². The minimum absolute atomic E-state index is 0.109. The van der Waals surface area contributed by atoms with Crippen LogP contribution in [0, 0.1) is 5.92 Å². The van der Waals surface area contributed by atoms with Gasteiger partial charge in [0.2, 0.25) is 5.95 Å². The Morgan fingerprint density at radius 2 is 2.00 bits per heavy atom. The van der Waals surface area contributed by atoms with Crippen LogP contribution >= 0.6 is 0 Å². The van der Waals surface area contributed by atoms with Crippen molar-refractivity contribution >= 4 is 5.95 Å². The van der Waals surface area contributed by atoms with E-state index in [-0.39, 0.29) is 6.61 Å². The molecule has 1 aromatic rings. The third kappa shape index (κ3) is 5.10. The minimum Gasteiger partial charge on any atom is -0.395 e. The lowest BCUT2D eigenvalue weighted by atomic mass is 10.2. The zero-order valence-electron chi connectivity index (χ0n) is 10.8. The molecular weight excluding hydrogens is 216 g/mol. The van der Waals surface area contributed by atoms with Gasteiger partial charge in [0, 0.05) is 38.1 Å². The van der Waals surface area contributed by atoms with Gasteiger partial charge in [-0.05, 0) is 12.5 Å². The summed E-state index contributed by atoms with van der Waals surface area (Å²) in [4.78, 5) is 10.3. The Bertz CT molecular complexity index is 313. The van der Waals surface area contributed by atoms with Gasteiger partial charge in [0.15, 0.2) is 0 Å². The van der Waals surface area contributed by atoms with Gasteiger partial charge < -0.3 is 15.3 Å². The predicted molar refractivity (Wildman–Crippen MR) is 68.9 cm³/mol. The number of anilines is 1. The highest BCUT2D eigenvalue weighted by molar-refractivity contribution is 5.28. The first-order valence-corrected chi connectivity index (χ1v) is 5.97. The molecule has 0 saturated heterocycles. The van der Waals surface area contributed by atoms with Crippen LogP contribution in [0.1, 0.15) is 19.4 Å². The van der Waals surface area contributed by atoms with Gasteiger partial charge in [0.1, 0.15) is 0 Å². The second kappa shape index (κ2) is 7.19. The first-order chi connectivity index (χ1) is 8.13. The molecule has 0 bridgehead atoms. The summed E-state index contributed by atoms with van der Waals surface area (Å²) in [7, 11) is 1.86. The first-order valence-electron chi connectivity index (χ1n) is 5.97. The van der Waals surface area contributed by atoms with Gasteiger partial charge in [-0.3, -0.25) is 0 Å². The van der Waals surface area contributed by atoms with Crippen LogP contribution in [0.3, 0.4) is 0 Å². The summed E-state index contributed by atoms with van der Waals surface area (Å²) in [5.74, 6) is 1.29. The fourth-order valence-electron chi connectivity index (χ4n) is 1.39. The molecule has 0 aliphatic heterocycles. The first kappa shape index (κ1) is 13.9. The Balaban J connectivity index is 2.44. The van der Waals surface area contributed by atoms with Crippen molar-refractivity contribution in [1.82, 2.24) is 15.3 Å². The summed E-state index contributed by atoms with van der Waals surface area (Å²) in [5, 5.41) is 12.2. The van der Waals surface area contributed by atoms with Gasteiger partial charge >= 0.3 is 0 Å². The highest BCUT2D eigenvalue weighted by atomic mass is 16.3. The van der Waals surface area contributed by atoms with Crippen molar-refractivity contribution in [3.63, 3.8) is 0 Å². The molecular formula is C12H22N4O. The second-order valence-corrected chi connectivity index (χ2v) is 4.56. The predicted octanol–water partition coefficient (Wildman–Crippen LogP) is 0.651. The Hall–Kier alpha value is -1.20. The Kier molecular flexibility index (Phi) is 5.86. The molecule has 1 aromatic heterocycles. The van der Waals surface area contributed by atoms with Crippen molar-refractivity contribution in [2.45, 2.75) is 20.4 Å². The van der Waals surface area contributed by atoms with Crippen LogP contribution in [0.2, 0.25) is 0 Å². The summed E-state index contributed by atoms with van der Waals surface area (Å²) in [6.45, 7) is 6.80. The van der Waals surface area contributed by atoms with Gasteiger partial charge in [0.25, 0.3) is 0 Å². The van der Waals surface area contributed by atoms with Crippen molar-refractivity contribution in [2.24, 2.45) is 5.92 Å². The van der Waals surface area contributed by atoms with E-state index >= 15 is 0 Å². The number of likely N-dealkylation sites (N-methyl/N-ethyl adjacent to an activating group) is 1. The number of nitrogens with one attached hydrogen (secondary N) is 1. The third-order valence-electron chi connectivity index (χ3n) is 2.35. The maximum absolute atomic E-state index is 8.81. The van der Waals surface area contributed by atoms with E-state index in [9.17, 15) is 0 Å². The van der Waals surface area contributed by atoms with E-state index in [0.29, 0.717) is 18.4 Å². The number of aliphatic hydroxyl groups is 1. The summed E-state index contributed by atoms with van der Waals surface area (Å²) in [6, 6.07) is 0. The van der Waals surface area contributed by atoms with E-state index in [1.54, 1.807) is 0 Å². The molecule has 5 nitrogen and oxygen atoms in total. The van der Waals surface area contributed by atoms with Crippen LogP contribution < -0.4 is 10.2 Å². The molecule has 0 saturated carbocycles. The number of hydrogen-bond donors (Lipinski definition) is 2. The standard InChI is InChI=1S/C12H22N4O/c1-10(2)6-13-7-11-8-14-12(15-9-11)16(3)4-5-17/h8-10,13,17H,4-7H2,1-3H3. The second-order valence-electron chi connectivity index (χ2n) is 4.56. The molecule has 0 unspecified atom stereocenters. The molecule has 0 spiro atoms. The van der Waals surface area contributed by atoms with E-state index in [1.807, 2.05) is 24.3 Å². The molecule has 0 fully saturated rings. The molecule has 17 heavy (non-hydrogen) atoms. The van der Waals surface area contributed by atoms with E-state index in [4.69, 9.17) is 5.11 Å². The van der Waals surface area contributed by atoms with Crippen molar-refractivity contribution in [1.29, 1.82) is 0 Å². The normalized spacial score (nSPS) is 10.9. The van der Waals surface area contributed by atoms with Crippen molar-refractivity contribution in [2.75, 3.05) is 31.6 Å². The Labute approximate surface area is 103 Å². The molecule has 0 atom stereocenters. The van der Waals surface area contributed by atoms with Crippen molar-refractivity contribution < 1.29 is 5.11 Å². The molecule has 0 amide bonds. The van der Waals surface area contributed by atoms with E-state index < -0.39 is 0 Å². The van der Waals surface area contributed by atoms with Crippen LogP contribution in [0.5, 0.6) is 0 Å². The monoisotopic (exact) mass is 238 g/mol. The molecule has 1 heterocycles. The highest BCUT2D eigenvalue weighted by Crippen LogP contribution is 2.04. The minimum atomic E-state index is 0.109. The summed E-state index contributed by atoms with van der Waals surface area (Å²) >= 11 is 0. The van der Waals surface area contributed by atoms with Gasteiger partial charge in [-0.2, -0.15) is 0 Å². The van der Waals surface area contributed by atoms with Gasteiger partial charge in [-0.15, -0.1) is 0 Å². The maximum Gasteiger partial charge on any atom is 0.225 e. The smallest absolute Gasteiger partial charge is 0.225 e. The summed E-state index contributed by atoms with van der Waals surface area (Å²) < 4.78 is 0. The Morgan fingerprint density at radius 3 is 2.53 bits per heavy atom. The number of aromatic nitrogens is 2. The van der Waals surface area contributed by atoms with Crippen LogP contribution in [0.25, 0.3) is 0 Å². The number of rotatable bonds is 7. The number of hydrogen-bond acceptors (Lipinski definition) is 5. The topological polar surface area (TPSA) is 61.3 Å². The van der Waals surface area contributed by atoms with Gasteiger partial charge in [0.05, 0.1) is 6.61 Å². The molecule has 0 radical (unpaired) electrons. The number of nitrogens with zero attached hydrogens (tertiary/aromatic N) is 3. The van der Waals surface area contributed by atoms with Gasteiger partial charge in [-0.25, -0.2) is 9.97 Å². The molecule has 0 aliphatic carbocycles. The average molecular weight is 238 g/mol. The lowest BCUT2D eigenvalue weighted by Crippen LogP contribution is -2.24. The quantitative estimate of drug-likeness (QED) is 0.730. The fourth-order valence-corrected chi connectivity index (χ4v) is 1.39.